The smallest absolute Gasteiger partial charge is 0.145 e. The molecule has 0 unspecified atom stereocenters. The summed E-state index contributed by atoms with van der Waals surface area (Å²) in [5, 5.41) is 13.8. The number of hydrogen-bond acceptors (Lipinski definition) is 6. The second kappa shape index (κ2) is 9.97. The van der Waals surface area contributed by atoms with E-state index in [0.29, 0.717) is 18.7 Å². The standard InChI is InChI=1S/C23H28N6/c1-28(2)14-8-13-25-23-20-11-6-7-12-21(20)26-22(27-23)17-29(3)16-19-10-5-4-9-18(19)15-24/h4-7,9-12H,8,13-14,16-17H2,1-3H3,(H,25,26,27). The highest BCUT2D eigenvalue weighted by atomic mass is 15.1. The molecule has 1 N–H and O–H groups in total. The maximum Gasteiger partial charge on any atom is 0.145 e. The van der Waals surface area contributed by atoms with Gasteiger partial charge in [0.25, 0.3) is 0 Å². The van der Waals surface area contributed by atoms with E-state index >= 15 is 0 Å². The first-order valence-corrected chi connectivity index (χ1v) is 9.87. The normalized spacial score (nSPS) is 11.2. The summed E-state index contributed by atoms with van der Waals surface area (Å²) >= 11 is 0. The van der Waals surface area contributed by atoms with Crippen LogP contribution in [0.3, 0.4) is 0 Å². The summed E-state index contributed by atoms with van der Waals surface area (Å²) in [5.41, 5.74) is 2.67. The number of rotatable bonds is 9. The molecule has 1 aromatic heterocycles. The Hall–Kier alpha value is -3.01. The van der Waals surface area contributed by atoms with Crippen LogP contribution < -0.4 is 5.32 Å². The second-order valence-electron chi connectivity index (χ2n) is 7.53. The van der Waals surface area contributed by atoms with Crippen molar-refractivity contribution in [3.05, 3.63) is 65.5 Å². The fourth-order valence-corrected chi connectivity index (χ4v) is 3.29. The lowest BCUT2D eigenvalue weighted by Gasteiger charge is -2.18. The quantitative estimate of drug-likeness (QED) is 0.566. The predicted molar refractivity (Wildman–Crippen MR) is 118 cm³/mol. The van der Waals surface area contributed by atoms with E-state index in [0.717, 1.165) is 47.6 Å². The van der Waals surface area contributed by atoms with Crippen molar-refractivity contribution < 1.29 is 0 Å². The average molecular weight is 389 g/mol. The van der Waals surface area contributed by atoms with Crippen molar-refractivity contribution in [1.29, 1.82) is 5.26 Å². The van der Waals surface area contributed by atoms with E-state index < -0.39 is 0 Å². The first-order valence-electron chi connectivity index (χ1n) is 9.87. The van der Waals surface area contributed by atoms with Gasteiger partial charge in [-0.2, -0.15) is 5.26 Å². The first-order chi connectivity index (χ1) is 14.1. The van der Waals surface area contributed by atoms with Crippen LogP contribution in [0.2, 0.25) is 0 Å². The predicted octanol–water partition coefficient (Wildman–Crippen LogP) is 3.50. The Kier molecular flexibility index (Phi) is 7.12. The molecule has 0 aliphatic heterocycles. The minimum absolute atomic E-state index is 0.608. The van der Waals surface area contributed by atoms with Gasteiger partial charge in [0.15, 0.2) is 0 Å². The van der Waals surface area contributed by atoms with Gasteiger partial charge in [0.2, 0.25) is 0 Å². The molecule has 1 heterocycles. The number of anilines is 1. The molecule has 0 bridgehead atoms. The van der Waals surface area contributed by atoms with Gasteiger partial charge in [0.05, 0.1) is 23.7 Å². The molecule has 3 rings (SSSR count). The summed E-state index contributed by atoms with van der Waals surface area (Å²) in [6.07, 6.45) is 1.05. The number of para-hydroxylation sites is 1. The zero-order chi connectivity index (χ0) is 20.6. The number of fused-ring (bicyclic) bond motifs is 1. The molecule has 0 atom stereocenters. The number of benzene rings is 2. The van der Waals surface area contributed by atoms with Gasteiger partial charge < -0.3 is 10.2 Å². The summed E-state index contributed by atoms with van der Waals surface area (Å²) in [6, 6.07) is 18.1. The second-order valence-corrected chi connectivity index (χ2v) is 7.53. The molecule has 6 heteroatoms. The topological polar surface area (TPSA) is 68.1 Å². The van der Waals surface area contributed by atoms with Crippen molar-refractivity contribution >= 4 is 16.7 Å². The summed E-state index contributed by atoms with van der Waals surface area (Å²) in [7, 11) is 6.19. The molecule has 6 nitrogen and oxygen atoms in total. The molecule has 0 aliphatic carbocycles. The monoisotopic (exact) mass is 388 g/mol. The van der Waals surface area contributed by atoms with Crippen LogP contribution in [0.5, 0.6) is 0 Å². The molecule has 2 aromatic carbocycles. The number of aromatic nitrogens is 2. The van der Waals surface area contributed by atoms with Crippen LogP contribution in [0.15, 0.2) is 48.5 Å². The van der Waals surface area contributed by atoms with Crippen molar-refractivity contribution in [3.63, 3.8) is 0 Å². The Labute approximate surface area is 172 Å². The van der Waals surface area contributed by atoms with Gasteiger partial charge in [0.1, 0.15) is 11.6 Å². The van der Waals surface area contributed by atoms with Crippen molar-refractivity contribution in [2.24, 2.45) is 0 Å². The number of nitrogens with zero attached hydrogens (tertiary/aromatic N) is 5. The van der Waals surface area contributed by atoms with Crippen molar-refractivity contribution in [3.8, 4) is 6.07 Å². The van der Waals surface area contributed by atoms with E-state index in [-0.39, 0.29) is 0 Å². The van der Waals surface area contributed by atoms with Gasteiger partial charge in [-0.1, -0.05) is 30.3 Å². The van der Waals surface area contributed by atoms with Crippen LogP contribution in [-0.4, -0.2) is 54.0 Å². The lowest BCUT2D eigenvalue weighted by atomic mass is 10.1. The third-order valence-electron chi connectivity index (χ3n) is 4.71. The van der Waals surface area contributed by atoms with Crippen LogP contribution >= 0.6 is 0 Å². The Bertz CT molecular complexity index is 992. The molecule has 0 saturated carbocycles. The molecule has 0 amide bonds. The molecule has 0 saturated heterocycles. The largest absolute Gasteiger partial charge is 0.369 e. The van der Waals surface area contributed by atoms with Gasteiger partial charge in [-0.25, -0.2) is 9.97 Å². The Morgan fingerprint density at radius 1 is 0.966 bits per heavy atom. The van der Waals surface area contributed by atoms with Crippen molar-refractivity contribution in [2.45, 2.75) is 19.5 Å². The van der Waals surface area contributed by atoms with Gasteiger partial charge in [0, 0.05) is 18.5 Å². The van der Waals surface area contributed by atoms with Crippen LogP contribution in [0.25, 0.3) is 10.9 Å². The maximum atomic E-state index is 9.31. The highest BCUT2D eigenvalue weighted by Crippen LogP contribution is 2.21. The lowest BCUT2D eigenvalue weighted by Crippen LogP contribution is -2.20. The molecule has 150 valence electrons. The number of nitrogens with one attached hydrogen (secondary N) is 1. The van der Waals surface area contributed by atoms with E-state index in [9.17, 15) is 5.26 Å². The molecule has 0 aliphatic rings. The first kappa shape index (κ1) is 20.7. The van der Waals surface area contributed by atoms with Gasteiger partial charge in [-0.05, 0) is 57.9 Å². The van der Waals surface area contributed by atoms with Crippen molar-refractivity contribution in [1.82, 2.24) is 19.8 Å². The fraction of sp³-hybridized carbons (Fsp3) is 0.348. The van der Waals surface area contributed by atoms with E-state index in [2.05, 4.69) is 41.3 Å². The summed E-state index contributed by atoms with van der Waals surface area (Å²) in [6.45, 7) is 3.18. The third kappa shape index (κ3) is 5.74. The average Bonchev–Trinajstić information content (AvgIpc) is 2.71. The highest BCUT2D eigenvalue weighted by molar-refractivity contribution is 5.88. The zero-order valence-electron chi connectivity index (χ0n) is 17.4. The molecule has 29 heavy (non-hydrogen) atoms. The molecule has 0 fully saturated rings. The number of hydrogen-bond donors (Lipinski definition) is 1. The minimum Gasteiger partial charge on any atom is -0.369 e. The fourth-order valence-electron chi connectivity index (χ4n) is 3.29. The lowest BCUT2D eigenvalue weighted by molar-refractivity contribution is 0.311. The highest BCUT2D eigenvalue weighted by Gasteiger charge is 2.11. The van der Waals surface area contributed by atoms with Crippen LogP contribution in [0, 0.1) is 11.3 Å². The Balaban J connectivity index is 1.75. The van der Waals surface area contributed by atoms with Gasteiger partial charge in [-0.3, -0.25) is 4.90 Å². The minimum atomic E-state index is 0.608. The molecule has 0 spiro atoms. The van der Waals surface area contributed by atoms with E-state index in [1.165, 1.54) is 0 Å². The summed E-state index contributed by atoms with van der Waals surface area (Å²) in [5.74, 6) is 1.66. The van der Waals surface area contributed by atoms with E-state index in [1.807, 2.05) is 49.5 Å². The summed E-state index contributed by atoms with van der Waals surface area (Å²) in [4.78, 5) is 13.9. The number of nitriles is 1. The van der Waals surface area contributed by atoms with Gasteiger partial charge >= 0.3 is 0 Å². The molecular weight excluding hydrogens is 360 g/mol. The zero-order valence-corrected chi connectivity index (χ0v) is 17.4. The molecule has 3 aromatic rings. The molecular formula is C23H28N6. The summed E-state index contributed by atoms with van der Waals surface area (Å²) < 4.78 is 0. The van der Waals surface area contributed by atoms with E-state index in [4.69, 9.17) is 9.97 Å². The van der Waals surface area contributed by atoms with Crippen LogP contribution in [-0.2, 0) is 13.1 Å². The SMILES string of the molecule is CN(C)CCCNc1nc(CN(C)Cc2ccccc2C#N)nc2ccccc12. The maximum absolute atomic E-state index is 9.31. The van der Waals surface area contributed by atoms with Gasteiger partial charge in [-0.15, -0.1) is 0 Å². The Morgan fingerprint density at radius 2 is 1.72 bits per heavy atom. The van der Waals surface area contributed by atoms with Crippen LogP contribution in [0.4, 0.5) is 5.82 Å². The molecule has 0 radical (unpaired) electrons. The van der Waals surface area contributed by atoms with Crippen LogP contribution in [0.1, 0.15) is 23.4 Å². The Morgan fingerprint density at radius 3 is 2.52 bits per heavy atom. The van der Waals surface area contributed by atoms with Crippen molar-refractivity contribution in [2.75, 3.05) is 39.5 Å². The third-order valence-corrected chi connectivity index (χ3v) is 4.71. The van der Waals surface area contributed by atoms with E-state index in [1.54, 1.807) is 0 Å².